The van der Waals surface area contributed by atoms with E-state index in [-0.39, 0.29) is 13.3 Å². The van der Waals surface area contributed by atoms with Crippen molar-refractivity contribution >= 4 is 17.8 Å². The van der Waals surface area contributed by atoms with Gasteiger partial charge in [-0.3, -0.25) is 14.5 Å². The highest BCUT2D eigenvalue weighted by atomic mass is 16.7. The molecule has 2 aliphatic rings. The number of amides is 4. The van der Waals surface area contributed by atoms with Gasteiger partial charge in [0.25, 0.3) is 5.91 Å². The molecule has 2 heterocycles. The second-order valence-electron chi connectivity index (χ2n) is 7.66. The molecule has 0 aromatic heterocycles. The van der Waals surface area contributed by atoms with Crippen molar-refractivity contribution in [2.24, 2.45) is 5.92 Å². The molecule has 0 aliphatic carbocycles. The molecule has 1 saturated heterocycles. The minimum atomic E-state index is -1.28. The van der Waals surface area contributed by atoms with Gasteiger partial charge in [0, 0.05) is 13.2 Å². The van der Waals surface area contributed by atoms with Crippen molar-refractivity contribution in [2.45, 2.75) is 32.7 Å². The first-order chi connectivity index (χ1) is 13.8. The van der Waals surface area contributed by atoms with Crippen molar-refractivity contribution in [1.82, 2.24) is 15.5 Å². The van der Waals surface area contributed by atoms with Crippen LogP contribution in [0.15, 0.2) is 18.2 Å². The molecule has 1 aromatic carbocycles. The lowest BCUT2D eigenvalue weighted by Gasteiger charge is -2.22. The van der Waals surface area contributed by atoms with Crippen LogP contribution in [0.5, 0.6) is 11.5 Å². The Morgan fingerprint density at radius 1 is 1.28 bits per heavy atom. The van der Waals surface area contributed by atoms with Crippen molar-refractivity contribution in [1.29, 1.82) is 0 Å². The number of urea groups is 1. The molecule has 0 spiro atoms. The molecular weight excluding hydrogens is 378 g/mol. The van der Waals surface area contributed by atoms with E-state index in [4.69, 9.17) is 14.2 Å². The molecule has 4 amide bonds. The maximum absolute atomic E-state index is 12.9. The van der Waals surface area contributed by atoms with Crippen molar-refractivity contribution in [3.8, 4) is 11.5 Å². The number of rotatable bonds is 9. The van der Waals surface area contributed by atoms with Crippen LogP contribution >= 0.6 is 0 Å². The summed E-state index contributed by atoms with van der Waals surface area (Å²) in [7, 11) is 0. The van der Waals surface area contributed by atoms with Gasteiger partial charge in [0.05, 0.1) is 6.61 Å². The Balaban J connectivity index is 1.54. The van der Waals surface area contributed by atoms with E-state index in [9.17, 15) is 14.4 Å². The molecule has 2 aliphatic heterocycles. The standard InChI is InChI=1S/C20H27N3O6/c1-13(2)6-8-27-9-7-21-17(24)11-23-18(25)20(3,22-19(23)26)14-4-5-15-16(10-14)29-12-28-15/h4-5,10,13H,6-9,11-12H2,1-3H3,(H,21,24)(H,22,26). The molecule has 1 atom stereocenters. The van der Waals surface area contributed by atoms with Crippen LogP contribution in [0.25, 0.3) is 0 Å². The second-order valence-corrected chi connectivity index (χ2v) is 7.66. The minimum absolute atomic E-state index is 0.114. The molecule has 2 N–H and O–H groups in total. The summed E-state index contributed by atoms with van der Waals surface area (Å²) in [5.41, 5.74) is -0.722. The van der Waals surface area contributed by atoms with Gasteiger partial charge in [-0.05, 0) is 37.0 Å². The monoisotopic (exact) mass is 405 g/mol. The third kappa shape index (κ3) is 4.61. The average Bonchev–Trinajstić information content (AvgIpc) is 3.22. The van der Waals surface area contributed by atoms with Crippen LogP contribution in [0.3, 0.4) is 0 Å². The zero-order valence-electron chi connectivity index (χ0n) is 16.9. The van der Waals surface area contributed by atoms with Gasteiger partial charge in [0.15, 0.2) is 11.5 Å². The summed E-state index contributed by atoms with van der Waals surface area (Å²) in [5.74, 6) is 0.740. The van der Waals surface area contributed by atoms with Gasteiger partial charge in [-0.1, -0.05) is 19.9 Å². The number of carbonyl (C=O) groups excluding carboxylic acids is 3. The van der Waals surface area contributed by atoms with E-state index >= 15 is 0 Å². The van der Waals surface area contributed by atoms with Gasteiger partial charge in [-0.2, -0.15) is 0 Å². The third-order valence-electron chi connectivity index (χ3n) is 4.93. The topological polar surface area (TPSA) is 106 Å². The van der Waals surface area contributed by atoms with Crippen LogP contribution in [0, 0.1) is 5.92 Å². The molecular formula is C20H27N3O6. The number of benzene rings is 1. The summed E-state index contributed by atoms with van der Waals surface area (Å²) < 4.78 is 16.1. The van der Waals surface area contributed by atoms with E-state index in [1.165, 1.54) is 0 Å². The van der Waals surface area contributed by atoms with Crippen molar-refractivity contribution in [3.63, 3.8) is 0 Å². The summed E-state index contributed by atoms with van der Waals surface area (Å²) in [6, 6.07) is 4.44. The molecule has 0 radical (unpaired) electrons. The van der Waals surface area contributed by atoms with Crippen LogP contribution < -0.4 is 20.1 Å². The van der Waals surface area contributed by atoms with Gasteiger partial charge in [-0.15, -0.1) is 0 Å². The largest absolute Gasteiger partial charge is 0.454 e. The minimum Gasteiger partial charge on any atom is -0.454 e. The van der Waals surface area contributed by atoms with E-state index in [0.29, 0.717) is 42.7 Å². The summed E-state index contributed by atoms with van der Waals surface area (Å²) in [5, 5.41) is 5.34. The molecule has 29 heavy (non-hydrogen) atoms. The van der Waals surface area contributed by atoms with Gasteiger partial charge in [0.1, 0.15) is 12.1 Å². The summed E-state index contributed by atoms with van der Waals surface area (Å²) in [6.07, 6.45) is 0.953. The molecule has 158 valence electrons. The molecule has 9 heteroatoms. The van der Waals surface area contributed by atoms with Crippen molar-refractivity contribution < 1.29 is 28.6 Å². The molecule has 1 unspecified atom stereocenters. The van der Waals surface area contributed by atoms with Crippen LogP contribution in [-0.4, -0.2) is 55.8 Å². The van der Waals surface area contributed by atoms with Crippen molar-refractivity contribution in [3.05, 3.63) is 23.8 Å². The molecule has 1 aromatic rings. The van der Waals surface area contributed by atoms with Crippen LogP contribution in [0.2, 0.25) is 0 Å². The maximum atomic E-state index is 12.9. The molecule has 0 bridgehead atoms. The van der Waals surface area contributed by atoms with Gasteiger partial charge in [-0.25, -0.2) is 4.79 Å². The van der Waals surface area contributed by atoms with E-state index in [1.54, 1.807) is 25.1 Å². The predicted molar refractivity (Wildman–Crippen MR) is 103 cm³/mol. The Morgan fingerprint density at radius 2 is 2.03 bits per heavy atom. The summed E-state index contributed by atoms with van der Waals surface area (Å²) >= 11 is 0. The summed E-state index contributed by atoms with van der Waals surface area (Å²) in [6.45, 7) is 6.93. The normalized spacial score (nSPS) is 20.3. The number of hydrogen-bond donors (Lipinski definition) is 2. The quantitative estimate of drug-likeness (QED) is 0.475. The lowest BCUT2D eigenvalue weighted by molar-refractivity contribution is -0.134. The Hall–Kier alpha value is -2.81. The number of ether oxygens (including phenoxy) is 3. The Kier molecular flexibility index (Phi) is 6.26. The molecule has 9 nitrogen and oxygen atoms in total. The highest BCUT2D eigenvalue weighted by Crippen LogP contribution is 2.37. The van der Waals surface area contributed by atoms with Crippen LogP contribution in [-0.2, 0) is 19.9 Å². The van der Waals surface area contributed by atoms with E-state index in [1.807, 2.05) is 0 Å². The molecule has 3 rings (SSSR count). The van der Waals surface area contributed by atoms with Gasteiger partial charge < -0.3 is 24.8 Å². The SMILES string of the molecule is CC(C)CCOCCNC(=O)CN1C(=O)NC(C)(c2ccc3c(c2)OCO3)C1=O. The lowest BCUT2D eigenvalue weighted by atomic mass is 9.91. The number of nitrogens with zero attached hydrogens (tertiary/aromatic N) is 1. The Labute approximate surface area is 169 Å². The number of fused-ring (bicyclic) bond motifs is 1. The van der Waals surface area contributed by atoms with Crippen molar-refractivity contribution in [2.75, 3.05) is 33.1 Å². The smallest absolute Gasteiger partial charge is 0.325 e. The first kappa shape index (κ1) is 20.9. The number of carbonyl (C=O) groups is 3. The third-order valence-corrected chi connectivity index (χ3v) is 4.93. The first-order valence-electron chi connectivity index (χ1n) is 9.70. The highest BCUT2D eigenvalue weighted by molar-refractivity contribution is 6.09. The lowest BCUT2D eigenvalue weighted by Crippen LogP contribution is -2.43. The van der Waals surface area contributed by atoms with Gasteiger partial charge in [0.2, 0.25) is 12.7 Å². The average molecular weight is 405 g/mol. The number of imide groups is 1. The maximum Gasteiger partial charge on any atom is 0.325 e. The van der Waals surface area contributed by atoms with E-state index in [0.717, 1.165) is 11.3 Å². The second kappa shape index (κ2) is 8.69. The van der Waals surface area contributed by atoms with Crippen LogP contribution in [0.1, 0.15) is 32.8 Å². The first-order valence-corrected chi connectivity index (χ1v) is 9.70. The van der Waals surface area contributed by atoms with E-state index in [2.05, 4.69) is 24.5 Å². The molecule has 0 saturated carbocycles. The predicted octanol–water partition coefficient (Wildman–Crippen LogP) is 1.36. The Bertz CT molecular complexity index is 796. The Morgan fingerprint density at radius 3 is 2.79 bits per heavy atom. The number of nitrogens with one attached hydrogen (secondary N) is 2. The zero-order valence-corrected chi connectivity index (χ0v) is 16.9. The highest BCUT2D eigenvalue weighted by Gasteiger charge is 2.49. The van der Waals surface area contributed by atoms with E-state index < -0.39 is 23.4 Å². The number of hydrogen-bond acceptors (Lipinski definition) is 6. The fraction of sp³-hybridized carbons (Fsp3) is 0.550. The summed E-state index contributed by atoms with van der Waals surface area (Å²) in [4.78, 5) is 38.3. The molecule has 1 fully saturated rings. The van der Waals surface area contributed by atoms with Gasteiger partial charge >= 0.3 is 6.03 Å². The fourth-order valence-corrected chi connectivity index (χ4v) is 3.13. The zero-order chi connectivity index (χ0) is 21.0. The fourth-order valence-electron chi connectivity index (χ4n) is 3.13. The van der Waals surface area contributed by atoms with Crippen LogP contribution in [0.4, 0.5) is 4.79 Å².